The third-order valence-electron chi connectivity index (χ3n) is 2.84. The van der Waals surface area contributed by atoms with Crippen molar-refractivity contribution in [1.29, 1.82) is 0 Å². The van der Waals surface area contributed by atoms with E-state index in [-0.39, 0.29) is 5.97 Å². The second kappa shape index (κ2) is 5.57. The lowest BCUT2D eigenvalue weighted by atomic mass is 10.3. The molecule has 0 spiro atoms. The summed E-state index contributed by atoms with van der Waals surface area (Å²) in [7, 11) is 0. The monoisotopic (exact) mass is 322 g/mol. The van der Waals surface area contributed by atoms with E-state index in [4.69, 9.17) is 4.74 Å². The van der Waals surface area contributed by atoms with E-state index in [1.54, 1.807) is 6.92 Å². The molecule has 0 amide bonds. The number of esters is 1. The van der Waals surface area contributed by atoms with Crippen molar-refractivity contribution in [3.63, 3.8) is 0 Å². The number of imidazole rings is 1. The molecular formula is C14H15BrN2O2. The first kappa shape index (κ1) is 13.8. The fraction of sp³-hybridized carbons (Fsp3) is 0.286. The molecule has 1 aromatic heterocycles. The molecule has 0 N–H and O–H groups in total. The van der Waals surface area contributed by atoms with Crippen LogP contribution in [-0.4, -0.2) is 22.1 Å². The molecule has 2 aromatic rings. The molecule has 0 saturated heterocycles. The Hall–Kier alpha value is -1.62. The van der Waals surface area contributed by atoms with Crippen molar-refractivity contribution in [2.24, 2.45) is 0 Å². The number of carbonyl (C=O) groups is 1. The Balaban J connectivity index is 2.54. The van der Waals surface area contributed by atoms with Crippen LogP contribution in [0.2, 0.25) is 0 Å². The fourth-order valence-corrected chi connectivity index (χ4v) is 2.48. The standard InChI is InChI=1S/C14H15BrN2O2/c1-4-19-14(18)13-9(2)17(10(3)16-13)12-8-6-5-7-11(12)15/h5-8H,4H2,1-3H3. The van der Waals surface area contributed by atoms with Crippen molar-refractivity contribution in [2.45, 2.75) is 20.8 Å². The van der Waals surface area contributed by atoms with Gasteiger partial charge in [-0.25, -0.2) is 9.78 Å². The highest BCUT2D eigenvalue weighted by atomic mass is 79.9. The van der Waals surface area contributed by atoms with Gasteiger partial charge in [0, 0.05) is 4.47 Å². The minimum atomic E-state index is -0.381. The van der Waals surface area contributed by atoms with Crippen molar-refractivity contribution in [3.8, 4) is 5.69 Å². The zero-order valence-electron chi connectivity index (χ0n) is 11.1. The van der Waals surface area contributed by atoms with Crippen LogP contribution in [-0.2, 0) is 4.74 Å². The van der Waals surface area contributed by atoms with Gasteiger partial charge in [0.1, 0.15) is 5.82 Å². The third kappa shape index (κ3) is 2.56. The van der Waals surface area contributed by atoms with Crippen LogP contribution in [0.15, 0.2) is 28.7 Å². The SMILES string of the molecule is CCOC(=O)c1nc(C)n(-c2ccccc2Br)c1C. The molecule has 0 aliphatic rings. The van der Waals surface area contributed by atoms with Gasteiger partial charge in [-0.05, 0) is 48.8 Å². The first-order chi connectivity index (χ1) is 9.06. The summed E-state index contributed by atoms with van der Waals surface area (Å²) in [5.74, 6) is 0.376. The Morgan fingerprint density at radius 2 is 2.05 bits per heavy atom. The van der Waals surface area contributed by atoms with Gasteiger partial charge in [-0.1, -0.05) is 12.1 Å². The molecule has 0 aliphatic heterocycles. The van der Waals surface area contributed by atoms with Crippen molar-refractivity contribution >= 4 is 21.9 Å². The predicted molar refractivity (Wildman–Crippen MR) is 76.7 cm³/mol. The molecule has 19 heavy (non-hydrogen) atoms. The van der Waals surface area contributed by atoms with Gasteiger partial charge in [0.2, 0.25) is 0 Å². The van der Waals surface area contributed by atoms with Crippen LogP contribution in [0, 0.1) is 13.8 Å². The molecule has 0 bridgehead atoms. The summed E-state index contributed by atoms with van der Waals surface area (Å²) in [6.07, 6.45) is 0. The fourth-order valence-electron chi connectivity index (χ4n) is 2.02. The quantitative estimate of drug-likeness (QED) is 0.813. The van der Waals surface area contributed by atoms with E-state index < -0.39 is 0 Å². The molecule has 0 aliphatic carbocycles. The van der Waals surface area contributed by atoms with E-state index >= 15 is 0 Å². The number of carbonyl (C=O) groups excluding carboxylic acids is 1. The number of para-hydroxylation sites is 1. The molecule has 0 radical (unpaired) electrons. The zero-order valence-corrected chi connectivity index (χ0v) is 12.7. The minimum absolute atomic E-state index is 0.346. The number of hydrogen-bond acceptors (Lipinski definition) is 3. The maximum absolute atomic E-state index is 11.8. The number of aromatic nitrogens is 2. The third-order valence-corrected chi connectivity index (χ3v) is 3.51. The Morgan fingerprint density at radius 1 is 1.37 bits per heavy atom. The normalized spacial score (nSPS) is 10.5. The topological polar surface area (TPSA) is 44.1 Å². The molecule has 2 rings (SSSR count). The molecular weight excluding hydrogens is 308 g/mol. The Labute approximate surface area is 120 Å². The highest BCUT2D eigenvalue weighted by Gasteiger charge is 2.20. The van der Waals surface area contributed by atoms with E-state index in [0.717, 1.165) is 21.7 Å². The summed E-state index contributed by atoms with van der Waals surface area (Å²) in [5, 5.41) is 0. The van der Waals surface area contributed by atoms with Gasteiger partial charge in [0.25, 0.3) is 0 Å². The zero-order chi connectivity index (χ0) is 14.0. The summed E-state index contributed by atoms with van der Waals surface area (Å²) in [4.78, 5) is 16.2. The molecule has 4 nitrogen and oxygen atoms in total. The van der Waals surface area contributed by atoms with Crippen LogP contribution in [0.5, 0.6) is 0 Å². The average molecular weight is 323 g/mol. The van der Waals surface area contributed by atoms with Crippen molar-refractivity contribution < 1.29 is 9.53 Å². The van der Waals surface area contributed by atoms with Gasteiger partial charge in [-0.15, -0.1) is 0 Å². The summed E-state index contributed by atoms with van der Waals surface area (Å²) < 4.78 is 7.91. The molecule has 0 saturated carbocycles. The second-order valence-corrected chi connectivity index (χ2v) is 4.95. The van der Waals surface area contributed by atoms with Crippen LogP contribution in [0.3, 0.4) is 0 Å². The maximum Gasteiger partial charge on any atom is 0.358 e. The molecule has 5 heteroatoms. The van der Waals surface area contributed by atoms with Crippen LogP contribution >= 0.6 is 15.9 Å². The van der Waals surface area contributed by atoms with Crippen LogP contribution in [0.25, 0.3) is 5.69 Å². The molecule has 1 heterocycles. The molecule has 0 fully saturated rings. The highest BCUT2D eigenvalue weighted by Crippen LogP contribution is 2.25. The van der Waals surface area contributed by atoms with Gasteiger partial charge in [0.15, 0.2) is 5.69 Å². The number of benzene rings is 1. The number of aryl methyl sites for hydroxylation is 1. The van der Waals surface area contributed by atoms with Gasteiger partial charge >= 0.3 is 5.97 Å². The first-order valence-corrected chi connectivity index (χ1v) is 6.83. The Kier molecular flexibility index (Phi) is 4.04. The summed E-state index contributed by atoms with van der Waals surface area (Å²) in [6, 6.07) is 7.82. The summed E-state index contributed by atoms with van der Waals surface area (Å²) in [5.41, 5.74) is 2.11. The molecule has 0 unspecified atom stereocenters. The van der Waals surface area contributed by atoms with Crippen molar-refractivity contribution in [1.82, 2.24) is 9.55 Å². The number of rotatable bonds is 3. The lowest BCUT2D eigenvalue weighted by Gasteiger charge is -2.10. The number of nitrogens with zero attached hydrogens (tertiary/aromatic N) is 2. The lowest BCUT2D eigenvalue weighted by Crippen LogP contribution is -2.08. The van der Waals surface area contributed by atoms with Crippen LogP contribution < -0.4 is 0 Å². The number of hydrogen-bond donors (Lipinski definition) is 0. The molecule has 0 atom stereocenters. The van der Waals surface area contributed by atoms with Gasteiger partial charge in [-0.3, -0.25) is 4.57 Å². The number of halogens is 1. The van der Waals surface area contributed by atoms with E-state index in [1.165, 1.54) is 0 Å². The van der Waals surface area contributed by atoms with Crippen molar-refractivity contribution in [2.75, 3.05) is 6.61 Å². The van der Waals surface area contributed by atoms with Crippen molar-refractivity contribution in [3.05, 3.63) is 46.0 Å². The predicted octanol–water partition coefficient (Wildman–Crippen LogP) is 3.43. The van der Waals surface area contributed by atoms with E-state index in [0.29, 0.717) is 12.3 Å². The number of ether oxygens (including phenoxy) is 1. The average Bonchev–Trinajstić information content (AvgIpc) is 2.66. The van der Waals surface area contributed by atoms with Crippen LogP contribution in [0.1, 0.15) is 28.9 Å². The van der Waals surface area contributed by atoms with E-state index in [9.17, 15) is 4.79 Å². The van der Waals surface area contributed by atoms with Gasteiger partial charge in [0.05, 0.1) is 18.0 Å². The Bertz CT molecular complexity index is 620. The summed E-state index contributed by atoms with van der Waals surface area (Å²) in [6.45, 7) is 5.87. The maximum atomic E-state index is 11.8. The van der Waals surface area contributed by atoms with Gasteiger partial charge in [-0.2, -0.15) is 0 Å². The Morgan fingerprint density at radius 3 is 2.68 bits per heavy atom. The summed E-state index contributed by atoms with van der Waals surface area (Å²) >= 11 is 3.51. The molecule has 100 valence electrons. The molecule has 1 aromatic carbocycles. The smallest absolute Gasteiger partial charge is 0.358 e. The van der Waals surface area contributed by atoms with E-state index in [1.807, 2.05) is 42.7 Å². The first-order valence-electron chi connectivity index (χ1n) is 6.04. The second-order valence-electron chi connectivity index (χ2n) is 4.10. The lowest BCUT2D eigenvalue weighted by molar-refractivity contribution is 0.0519. The van der Waals surface area contributed by atoms with Gasteiger partial charge < -0.3 is 4.74 Å². The highest BCUT2D eigenvalue weighted by molar-refractivity contribution is 9.10. The largest absolute Gasteiger partial charge is 0.461 e. The van der Waals surface area contributed by atoms with E-state index in [2.05, 4.69) is 20.9 Å². The van der Waals surface area contributed by atoms with Crippen LogP contribution in [0.4, 0.5) is 0 Å². The minimum Gasteiger partial charge on any atom is -0.461 e.